The summed E-state index contributed by atoms with van der Waals surface area (Å²) in [5, 5.41) is 14.4. The Balaban J connectivity index is 1.55. The molecule has 0 aromatic heterocycles. The Morgan fingerprint density at radius 2 is 1.63 bits per heavy atom. The van der Waals surface area contributed by atoms with E-state index in [1.54, 1.807) is 24.3 Å². The Bertz CT molecular complexity index is 1990. The molecular formula is C36H29N3O7. The number of Topliss-reactive ketones (excluding diaryl/α,β-unsaturated/α-hetero) is 2. The van der Waals surface area contributed by atoms with Crippen molar-refractivity contribution in [1.29, 1.82) is 0 Å². The molecule has 1 fully saturated rings. The van der Waals surface area contributed by atoms with Gasteiger partial charge in [0.05, 0.1) is 36.7 Å². The average molecular weight is 616 g/mol. The maximum Gasteiger partial charge on any atom is 0.269 e. The fourth-order valence-corrected chi connectivity index (χ4v) is 7.48. The third kappa shape index (κ3) is 3.99. The second-order valence-corrected chi connectivity index (χ2v) is 11.6. The number of methoxy groups -OCH3 is 2. The smallest absolute Gasteiger partial charge is 0.269 e. The van der Waals surface area contributed by atoms with Gasteiger partial charge < -0.3 is 19.7 Å². The highest BCUT2D eigenvalue weighted by molar-refractivity contribution is 6.19. The first kappa shape index (κ1) is 29.0. The number of allylic oxidation sites excluding steroid dienone is 1. The summed E-state index contributed by atoms with van der Waals surface area (Å²) in [6, 6.07) is 23.1. The number of rotatable bonds is 7. The van der Waals surface area contributed by atoms with Gasteiger partial charge in [-0.15, -0.1) is 0 Å². The third-order valence-corrected chi connectivity index (χ3v) is 9.47. The summed E-state index contributed by atoms with van der Waals surface area (Å²) in [5.74, 6) is -1.89. The van der Waals surface area contributed by atoms with Gasteiger partial charge in [0.2, 0.25) is 5.91 Å². The molecule has 0 radical (unpaired) electrons. The molecule has 0 aliphatic carbocycles. The van der Waals surface area contributed by atoms with Crippen molar-refractivity contribution in [3.63, 3.8) is 0 Å². The molecule has 0 unspecified atom stereocenters. The van der Waals surface area contributed by atoms with Crippen LogP contribution < -0.4 is 19.7 Å². The first-order chi connectivity index (χ1) is 22.2. The van der Waals surface area contributed by atoms with Crippen LogP contribution in [0.1, 0.15) is 38.8 Å². The van der Waals surface area contributed by atoms with E-state index >= 15 is 4.79 Å². The minimum Gasteiger partial charge on any atom is -0.497 e. The fraction of sp³-hybridized carbons (Fsp3) is 0.194. The Labute approximate surface area is 264 Å². The van der Waals surface area contributed by atoms with Crippen LogP contribution in [0.4, 0.5) is 17.1 Å². The van der Waals surface area contributed by atoms with Crippen LogP contribution >= 0.6 is 0 Å². The van der Waals surface area contributed by atoms with Crippen LogP contribution in [0.2, 0.25) is 0 Å². The van der Waals surface area contributed by atoms with Crippen molar-refractivity contribution < 1.29 is 28.8 Å². The van der Waals surface area contributed by atoms with E-state index in [-0.39, 0.29) is 22.6 Å². The molecule has 10 nitrogen and oxygen atoms in total. The van der Waals surface area contributed by atoms with Crippen molar-refractivity contribution >= 4 is 40.1 Å². The van der Waals surface area contributed by atoms with Crippen molar-refractivity contribution in [1.82, 2.24) is 0 Å². The predicted molar refractivity (Wildman–Crippen MR) is 172 cm³/mol. The molecule has 0 bridgehead atoms. The zero-order chi connectivity index (χ0) is 32.3. The van der Waals surface area contributed by atoms with Crippen molar-refractivity contribution in [3.05, 3.63) is 129 Å². The molecule has 3 aliphatic rings. The summed E-state index contributed by atoms with van der Waals surface area (Å²) in [5.41, 5.74) is 2.30. The van der Waals surface area contributed by atoms with E-state index in [2.05, 4.69) is 5.32 Å². The molecular weight excluding hydrogens is 586 g/mol. The molecule has 4 aromatic rings. The SMILES string of the molecule is COc1ccc(OC)c(C(=O)[C@@H]2[C@H](C(=O)c3ccc([N+](=O)[O-])cc3)N3c4ccccc4C(C)=C[C@H]3[C@@]23C(=O)Nc2ccccc23)c1. The summed E-state index contributed by atoms with van der Waals surface area (Å²) in [6.45, 7) is 1.95. The Kier molecular flexibility index (Phi) is 6.73. The number of carbonyl (C=O) groups is 3. The lowest BCUT2D eigenvalue weighted by molar-refractivity contribution is -0.384. The van der Waals surface area contributed by atoms with Gasteiger partial charge in [0.1, 0.15) is 23.0 Å². The van der Waals surface area contributed by atoms with Gasteiger partial charge in [-0.25, -0.2) is 0 Å². The number of anilines is 2. The van der Waals surface area contributed by atoms with Gasteiger partial charge in [-0.3, -0.25) is 24.5 Å². The molecule has 0 saturated carbocycles. The van der Waals surface area contributed by atoms with E-state index < -0.39 is 45.8 Å². The summed E-state index contributed by atoms with van der Waals surface area (Å²) in [7, 11) is 2.94. The number of amides is 1. The Hall–Kier alpha value is -5.77. The molecule has 10 heteroatoms. The highest BCUT2D eigenvalue weighted by Crippen LogP contribution is 2.59. The molecule has 3 heterocycles. The lowest BCUT2D eigenvalue weighted by Gasteiger charge is -2.39. The molecule has 3 aliphatic heterocycles. The Morgan fingerprint density at radius 3 is 2.35 bits per heavy atom. The molecule has 1 amide bonds. The summed E-state index contributed by atoms with van der Waals surface area (Å²) in [4.78, 5) is 57.5. The van der Waals surface area contributed by atoms with E-state index in [1.807, 2.05) is 60.4 Å². The number of nitrogens with zero attached hydrogens (tertiary/aromatic N) is 2. The van der Waals surface area contributed by atoms with Gasteiger partial charge in [0, 0.05) is 34.6 Å². The van der Waals surface area contributed by atoms with Crippen LogP contribution in [0.15, 0.2) is 97.1 Å². The van der Waals surface area contributed by atoms with Gasteiger partial charge in [0.15, 0.2) is 11.6 Å². The largest absolute Gasteiger partial charge is 0.497 e. The first-order valence-electron chi connectivity index (χ1n) is 14.7. The third-order valence-electron chi connectivity index (χ3n) is 9.47. The van der Waals surface area contributed by atoms with Crippen LogP contribution in [0, 0.1) is 16.0 Å². The van der Waals surface area contributed by atoms with Crippen LogP contribution in [0.25, 0.3) is 5.57 Å². The number of para-hydroxylation sites is 2. The first-order valence-corrected chi connectivity index (χ1v) is 14.7. The summed E-state index contributed by atoms with van der Waals surface area (Å²) < 4.78 is 11.1. The quantitative estimate of drug-likeness (QED) is 0.156. The lowest BCUT2D eigenvalue weighted by atomic mass is 9.63. The molecule has 230 valence electrons. The van der Waals surface area contributed by atoms with Crippen LogP contribution in [-0.2, 0) is 10.2 Å². The van der Waals surface area contributed by atoms with Crippen LogP contribution in [0.5, 0.6) is 11.5 Å². The fourth-order valence-electron chi connectivity index (χ4n) is 7.48. The number of hydrogen-bond acceptors (Lipinski definition) is 8. The molecule has 1 saturated heterocycles. The number of ether oxygens (including phenoxy) is 2. The predicted octanol–water partition coefficient (Wildman–Crippen LogP) is 5.86. The van der Waals surface area contributed by atoms with Crippen LogP contribution in [-0.4, -0.2) is 48.7 Å². The zero-order valence-electron chi connectivity index (χ0n) is 25.2. The average Bonchev–Trinajstić information content (AvgIpc) is 3.55. The van der Waals surface area contributed by atoms with E-state index in [9.17, 15) is 19.7 Å². The normalized spacial score (nSPS) is 22.3. The van der Waals surface area contributed by atoms with Crippen molar-refractivity contribution in [3.8, 4) is 11.5 Å². The van der Waals surface area contributed by atoms with Gasteiger partial charge in [-0.2, -0.15) is 0 Å². The number of hydrogen-bond donors (Lipinski definition) is 1. The number of ketones is 2. The second-order valence-electron chi connectivity index (χ2n) is 11.6. The highest BCUT2D eigenvalue weighted by Gasteiger charge is 2.70. The zero-order valence-corrected chi connectivity index (χ0v) is 25.2. The highest BCUT2D eigenvalue weighted by atomic mass is 16.6. The maximum atomic E-state index is 15.2. The lowest BCUT2D eigenvalue weighted by Crippen LogP contribution is -2.51. The maximum absolute atomic E-state index is 15.2. The van der Waals surface area contributed by atoms with Gasteiger partial charge >= 0.3 is 0 Å². The van der Waals surface area contributed by atoms with E-state index in [4.69, 9.17) is 9.47 Å². The number of non-ortho nitro benzene ring substituents is 1. The summed E-state index contributed by atoms with van der Waals surface area (Å²) in [6.07, 6.45) is 1.97. The number of nitro groups is 1. The standard InChI is InChI=1S/C36H29N3O7/c1-20-18-30-36(26-9-5-6-10-27(26)37-35(36)42)31(34(41)25-19-23(45-2)16-17-29(25)46-3)32(38(30)28-11-7-4-8-24(20)28)33(40)21-12-14-22(15-13-21)39(43)44/h4-19,30-32H,1-3H3,(H,37,42)/t30-,31-,32+,36+/m0/s1. The minimum absolute atomic E-state index is 0.165. The number of nitrogens with one attached hydrogen (secondary N) is 1. The van der Waals surface area contributed by atoms with Gasteiger partial charge in [-0.1, -0.05) is 42.5 Å². The number of carbonyl (C=O) groups excluding carboxylic acids is 3. The molecule has 1 spiro atoms. The van der Waals surface area contributed by atoms with Gasteiger partial charge in [-0.05, 0) is 60.5 Å². The number of fused-ring (bicyclic) bond motifs is 6. The molecule has 1 N–H and O–H groups in total. The van der Waals surface area contributed by atoms with Crippen molar-refractivity contribution in [2.75, 3.05) is 24.4 Å². The van der Waals surface area contributed by atoms with E-state index in [1.165, 1.54) is 38.5 Å². The topological polar surface area (TPSA) is 128 Å². The molecule has 46 heavy (non-hydrogen) atoms. The summed E-state index contributed by atoms with van der Waals surface area (Å²) >= 11 is 0. The number of nitro benzene ring substituents is 1. The monoisotopic (exact) mass is 615 g/mol. The minimum atomic E-state index is -1.53. The number of benzene rings is 4. The molecule has 4 aromatic carbocycles. The molecule has 7 rings (SSSR count). The van der Waals surface area contributed by atoms with Crippen molar-refractivity contribution in [2.45, 2.75) is 24.4 Å². The van der Waals surface area contributed by atoms with Gasteiger partial charge in [0.25, 0.3) is 5.69 Å². The van der Waals surface area contributed by atoms with E-state index in [0.717, 1.165) is 11.1 Å². The Morgan fingerprint density at radius 1 is 0.913 bits per heavy atom. The second kappa shape index (κ2) is 10.7. The van der Waals surface area contributed by atoms with Crippen molar-refractivity contribution in [2.24, 2.45) is 5.92 Å². The molecule has 4 atom stereocenters. The van der Waals surface area contributed by atoms with Crippen LogP contribution in [0.3, 0.4) is 0 Å². The van der Waals surface area contributed by atoms with E-state index in [0.29, 0.717) is 22.7 Å².